The molecule has 13 aromatic rings. The summed E-state index contributed by atoms with van der Waals surface area (Å²) in [5, 5.41) is 2.75. The molecule has 0 spiro atoms. The molecular weight excluding hydrogens is 2240 g/mol. The van der Waals surface area contributed by atoms with Gasteiger partial charge < -0.3 is 18.6 Å². The number of hydrogen-bond donors (Lipinski definition) is 0. The summed E-state index contributed by atoms with van der Waals surface area (Å²) < 4.78 is 42.4. The van der Waals surface area contributed by atoms with Crippen LogP contribution in [-0.2, 0) is 6.42 Å². The Hall–Kier alpha value is -8.08. The minimum absolute atomic E-state index is 0.0714. The first kappa shape index (κ1) is 107. The number of para-hydroxylation sites is 4. The van der Waals surface area contributed by atoms with Gasteiger partial charge in [0.1, 0.15) is 27.2 Å². The third-order valence-electron chi connectivity index (χ3n) is 20.3. The fraction of sp³-hybridized carbons (Fsp3) is 0.301. The Bertz CT molecular complexity index is 5510. The first-order valence-corrected chi connectivity index (χ1v) is 66.7. The molecule has 128 heavy (non-hydrogen) atoms. The van der Waals surface area contributed by atoms with Crippen LogP contribution in [0.1, 0.15) is 212 Å². The summed E-state index contributed by atoms with van der Waals surface area (Å²) in [6.45, 7) is 49.7. The van der Waals surface area contributed by atoms with E-state index in [2.05, 4.69) is 288 Å². The van der Waals surface area contributed by atoms with Gasteiger partial charge in [-0.1, -0.05) is 205 Å². The number of thiocarbonyl (C=S) groups is 2. The van der Waals surface area contributed by atoms with Crippen LogP contribution < -0.4 is 28.8 Å². The maximum absolute atomic E-state index is 12.1. The molecule has 0 aliphatic rings. The van der Waals surface area contributed by atoms with E-state index in [0.717, 1.165) is 37.6 Å². The molecule has 0 saturated carbocycles. The maximum atomic E-state index is 12.1. The van der Waals surface area contributed by atoms with Crippen LogP contribution in [0.3, 0.4) is 0 Å². The molecule has 672 valence electrons. The number of esters is 3. The van der Waals surface area contributed by atoms with Crippen molar-refractivity contribution in [2.75, 3.05) is 0 Å². The number of carbonyl (C=O) groups is 3. The number of fused-ring (bicyclic) bond motifs is 1. The summed E-state index contributed by atoms with van der Waals surface area (Å²) in [5.41, 5.74) is 8.38. The summed E-state index contributed by atoms with van der Waals surface area (Å²) in [6.07, 6.45) is 2.63. The second-order valence-electron chi connectivity index (χ2n) is 38.4. The third kappa shape index (κ3) is 38.8. The molecule has 0 radical (unpaired) electrons. The number of furan rings is 1. The molecule has 0 saturated heterocycles. The van der Waals surface area contributed by atoms with Gasteiger partial charge in [0.2, 0.25) is 0 Å². The Balaban J connectivity index is 0.000000206. The van der Waals surface area contributed by atoms with E-state index in [1.807, 2.05) is 158 Å². The average molecular weight is 2370 g/mol. The second kappa shape index (κ2) is 50.5. The van der Waals surface area contributed by atoms with Gasteiger partial charge in [-0.15, -0.1) is 23.5 Å². The quantitative estimate of drug-likeness (QED) is 0.0398. The van der Waals surface area contributed by atoms with Crippen molar-refractivity contribution in [3.8, 4) is 39.9 Å². The Labute approximate surface area is 810 Å². The number of ether oxygens (including phenoxy) is 4. The molecular formula is C113H133Bi3O8S4. The van der Waals surface area contributed by atoms with E-state index < -0.39 is 65.3 Å². The van der Waals surface area contributed by atoms with Crippen molar-refractivity contribution in [1.29, 1.82) is 0 Å². The topological polar surface area (TPSA) is 101 Å². The van der Waals surface area contributed by atoms with Gasteiger partial charge in [0.25, 0.3) is 0 Å². The van der Waals surface area contributed by atoms with Crippen molar-refractivity contribution >= 4 is 160 Å². The van der Waals surface area contributed by atoms with E-state index in [1.54, 1.807) is 84.9 Å². The van der Waals surface area contributed by atoms with Gasteiger partial charge in [-0.05, 0) is 125 Å². The minimum atomic E-state index is -1.70. The molecule has 0 bridgehead atoms. The van der Waals surface area contributed by atoms with E-state index in [9.17, 15) is 14.4 Å². The Kier molecular flexibility index (Phi) is 42.2. The van der Waals surface area contributed by atoms with Crippen LogP contribution in [0.25, 0.3) is 21.9 Å². The zero-order chi connectivity index (χ0) is 94.2. The summed E-state index contributed by atoms with van der Waals surface area (Å²) >= 11 is 9.16. The number of carbonyl (C=O) groups excluding carboxylic acids is 3. The summed E-state index contributed by atoms with van der Waals surface area (Å²) in [6, 6.07) is 108. The Morgan fingerprint density at radius 1 is 0.336 bits per heavy atom. The third-order valence-corrected chi connectivity index (χ3v) is 59.2. The van der Waals surface area contributed by atoms with E-state index >= 15 is 0 Å². The molecule has 15 heteroatoms. The Morgan fingerprint density at radius 2 is 0.664 bits per heavy atom. The molecule has 13 rings (SSSR count). The molecule has 0 fully saturated rings. The fourth-order valence-corrected chi connectivity index (χ4v) is 31.4. The number of hydrogen-bond acceptors (Lipinski definition) is 12. The van der Waals surface area contributed by atoms with Gasteiger partial charge in [-0.25, -0.2) is 9.59 Å². The fourth-order valence-electron chi connectivity index (χ4n) is 12.0. The van der Waals surface area contributed by atoms with Crippen molar-refractivity contribution in [2.24, 2.45) is 10.8 Å². The molecule has 1 atom stereocenters. The molecule has 8 nitrogen and oxygen atoms in total. The van der Waals surface area contributed by atoms with Gasteiger partial charge >= 0.3 is 373 Å². The molecule has 0 aliphatic carbocycles. The van der Waals surface area contributed by atoms with Gasteiger partial charge in [0.15, 0.2) is 5.76 Å². The van der Waals surface area contributed by atoms with Crippen molar-refractivity contribution in [1.82, 2.24) is 0 Å². The second-order valence-corrected chi connectivity index (χ2v) is 78.1. The monoisotopic (exact) mass is 2370 g/mol. The van der Waals surface area contributed by atoms with Crippen LogP contribution in [0.15, 0.2) is 338 Å². The van der Waals surface area contributed by atoms with Crippen molar-refractivity contribution in [2.45, 2.75) is 197 Å². The van der Waals surface area contributed by atoms with Crippen molar-refractivity contribution in [3.05, 3.63) is 373 Å². The van der Waals surface area contributed by atoms with E-state index in [-0.39, 0.29) is 38.2 Å². The molecule has 0 N–H and O–H groups in total. The molecule has 1 unspecified atom stereocenters. The van der Waals surface area contributed by atoms with Crippen LogP contribution in [0.2, 0.25) is 23.3 Å². The first-order chi connectivity index (χ1) is 60.1. The number of benzene rings is 12. The van der Waals surface area contributed by atoms with Gasteiger partial charge in [-0.2, -0.15) is 0 Å². The van der Waals surface area contributed by atoms with E-state index in [4.69, 9.17) is 47.8 Å². The van der Waals surface area contributed by atoms with E-state index in [0.29, 0.717) is 49.2 Å². The first-order valence-electron chi connectivity index (χ1n) is 43.4. The standard InChI is InChI=1S/C18H18O2S2.C18H20O2.C18H22O.C13H9O2.C12H9.C10H7.C9H12OS2.3C4H9.3CH3.3Bi/c1-18(2,3)22-17(21)14-11-9-13(10-12-14)16(19)20-15-7-5-4-6-8-15;1-18(2,3)13-14-9-11-15(12-10-14)17(19)20-16-7-5-4-6-8-16;1-14(18(2,3)4)15-10-12-17(13-11-15)19-16-8-6-5-7-9-16;14-13(11-7-3-1-4-8-11)15-12-9-5-2-6-10-12;1-3-7-11(8-4-1)12-9-5-2-6-10-12;1-2-6-10-8-4-3-7-9(10)5-1;1-9(2,3)12-8(11)7-5-4-6-10-7;3*1-4(2)3;;;;;;/h4-12H,1-3H3;4-12H,13H2,1-3H3;5-14H,1-4H3;2-10H;1,3-10H;1-3,5-8H;4-6H,1-3H3;3*1-3H3;3*1H3;;;. The van der Waals surface area contributed by atoms with Crippen LogP contribution in [0.5, 0.6) is 28.7 Å². The zero-order valence-electron chi connectivity index (χ0n) is 79.8. The SMILES string of the molecule is CC(C)(C)Cc1ccc(C(=O)Oc2ccccc2)cc1.CC(C)(C)SC(=S)c1ccc(C(=O)Oc2ccccc2)cc1.CC(C)(C)SC(=S)c1ccco1.CC(c1ccc(Oc2ccccc2)cc1)C(C)(C)C.[CH3][Bi]([c]1ccc(-c2ccccc2)cc1)[C](C)(C)C.[CH3][Bi]([c]1ccc(C(=O)Oc2ccccc2)cc1)[C](C)(C)C.[CH3][Bi]([c]1ccc2ccccc2c1)[C](C)(C)C. The summed E-state index contributed by atoms with van der Waals surface area (Å²) in [7, 11) is 0. The summed E-state index contributed by atoms with van der Waals surface area (Å²) in [5.74, 6) is 3.77. The molecule has 1 aromatic heterocycles. The van der Waals surface area contributed by atoms with Crippen LogP contribution in [-0.4, -0.2) is 101 Å². The normalized spacial score (nSPS) is 11.8. The Morgan fingerprint density at radius 3 is 1.05 bits per heavy atom. The zero-order valence-corrected chi connectivity index (χ0v) is 93.5. The van der Waals surface area contributed by atoms with E-state index in [1.165, 1.54) is 36.3 Å². The molecule has 0 amide bonds. The average Bonchev–Trinajstić information content (AvgIpc) is 0.903. The van der Waals surface area contributed by atoms with Gasteiger partial charge in [0, 0.05) is 9.49 Å². The van der Waals surface area contributed by atoms with Gasteiger partial charge in [-0.3, -0.25) is 0 Å². The van der Waals surface area contributed by atoms with Gasteiger partial charge in [0.05, 0.1) is 21.6 Å². The summed E-state index contributed by atoms with van der Waals surface area (Å²) in [4.78, 5) is 36.1. The molecule has 12 aromatic carbocycles. The number of thioether (sulfide) groups is 2. The van der Waals surface area contributed by atoms with Crippen LogP contribution in [0, 0.1) is 10.8 Å². The van der Waals surface area contributed by atoms with Crippen LogP contribution >= 0.6 is 48.0 Å². The molecule has 0 aliphatic heterocycles. The van der Waals surface area contributed by atoms with Crippen LogP contribution in [0.4, 0.5) is 0 Å². The predicted octanol–water partition coefficient (Wildman–Crippen LogP) is 31.2. The number of rotatable bonds is 16. The molecule has 1 heterocycles. The predicted molar refractivity (Wildman–Crippen MR) is 563 cm³/mol. The van der Waals surface area contributed by atoms with Crippen molar-refractivity contribution in [3.63, 3.8) is 0 Å². The van der Waals surface area contributed by atoms with Crippen molar-refractivity contribution < 1.29 is 37.7 Å².